The number of carbonyl (C=O) groups is 1. The zero-order valence-electron chi connectivity index (χ0n) is 21.4. The van der Waals surface area contributed by atoms with Gasteiger partial charge in [-0.25, -0.2) is 17.8 Å². The van der Waals surface area contributed by atoms with Crippen LogP contribution in [-0.2, 0) is 14.8 Å². The molecule has 0 saturated carbocycles. The van der Waals surface area contributed by atoms with Crippen molar-refractivity contribution in [2.24, 2.45) is 0 Å². The predicted octanol–water partition coefficient (Wildman–Crippen LogP) is 5.85. The molecule has 1 aromatic heterocycles. The van der Waals surface area contributed by atoms with E-state index in [9.17, 15) is 17.6 Å². The summed E-state index contributed by atoms with van der Waals surface area (Å²) in [6.45, 7) is 6.00. The summed E-state index contributed by atoms with van der Waals surface area (Å²) < 4.78 is 48.4. The molecule has 1 aliphatic rings. The van der Waals surface area contributed by atoms with Crippen LogP contribution in [0.15, 0.2) is 47.4 Å². The molecule has 0 spiro atoms. The summed E-state index contributed by atoms with van der Waals surface area (Å²) in [4.78, 5) is 20.0. The maximum atomic E-state index is 13.8. The van der Waals surface area contributed by atoms with E-state index in [1.54, 1.807) is 27.4 Å². The lowest BCUT2D eigenvalue weighted by molar-refractivity contribution is 0.0917. The van der Waals surface area contributed by atoms with Crippen molar-refractivity contribution in [3.05, 3.63) is 53.8 Å². The highest BCUT2D eigenvalue weighted by Crippen LogP contribution is 2.31. The highest BCUT2D eigenvalue weighted by Gasteiger charge is 2.28. The zero-order valence-corrected chi connectivity index (χ0v) is 23.0. The second-order valence-electron chi connectivity index (χ2n) is 9.29. The van der Waals surface area contributed by atoms with E-state index in [0.717, 1.165) is 38.5 Å². The molecule has 37 heavy (non-hydrogen) atoms. The Morgan fingerprint density at radius 1 is 1.11 bits per heavy atom. The Hall–Kier alpha value is -2.40. The number of hydrogen-bond donors (Lipinski definition) is 0. The third-order valence-corrected chi connectivity index (χ3v) is 9.44. The molecule has 7 nitrogen and oxygen atoms in total. The summed E-state index contributed by atoms with van der Waals surface area (Å²) in [6.07, 6.45) is 5.06. The van der Waals surface area contributed by atoms with E-state index in [1.165, 1.54) is 35.6 Å². The van der Waals surface area contributed by atoms with Crippen LogP contribution in [-0.4, -0.2) is 56.0 Å². The lowest BCUT2D eigenvalue weighted by Crippen LogP contribution is -2.37. The quantitative estimate of drug-likeness (QED) is 0.284. The van der Waals surface area contributed by atoms with Crippen molar-refractivity contribution in [2.75, 3.05) is 31.1 Å². The molecule has 10 heteroatoms. The van der Waals surface area contributed by atoms with Gasteiger partial charge in [-0.15, -0.1) is 0 Å². The lowest BCUT2D eigenvalue weighted by atomic mass is 10.2. The lowest BCUT2D eigenvalue weighted by Gasteiger charge is -2.24. The molecule has 200 valence electrons. The number of unbranched alkanes of at least 4 members (excludes halogenated alkanes) is 2. The molecule has 1 atom stereocenters. The molecule has 0 radical (unpaired) electrons. The number of carbonyl (C=O) groups excluding carboxylic acids is 1. The molecule has 1 unspecified atom stereocenters. The summed E-state index contributed by atoms with van der Waals surface area (Å²) in [6, 6.07) is 10.5. The van der Waals surface area contributed by atoms with Crippen LogP contribution < -0.4 is 4.90 Å². The SMILES string of the molecule is CCCCN(CCCC)S(=O)(=O)c1ccc(C(=O)N(CC2CCCO2)c2nc3ccc(F)cc3s2)cc1. The predicted molar refractivity (Wildman–Crippen MR) is 145 cm³/mol. The Bertz CT molecular complexity index is 1300. The summed E-state index contributed by atoms with van der Waals surface area (Å²) in [7, 11) is -3.66. The Morgan fingerprint density at radius 3 is 2.43 bits per heavy atom. The number of anilines is 1. The van der Waals surface area contributed by atoms with Crippen LogP contribution in [0.25, 0.3) is 10.2 Å². The summed E-state index contributed by atoms with van der Waals surface area (Å²) in [5.74, 6) is -0.656. The Balaban J connectivity index is 1.60. The third-order valence-electron chi connectivity index (χ3n) is 6.49. The molecule has 0 bridgehead atoms. The fraction of sp³-hybridized carbons (Fsp3) is 0.481. The minimum absolute atomic E-state index is 0.113. The number of sulfonamides is 1. The maximum Gasteiger partial charge on any atom is 0.260 e. The molecule has 4 rings (SSSR count). The summed E-state index contributed by atoms with van der Waals surface area (Å²) >= 11 is 1.25. The highest BCUT2D eigenvalue weighted by atomic mass is 32.2. The molecule has 3 aromatic rings. The molecular formula is C27H34FN3O4S2. The number of rotatable bonds is 12. The maximum absolute atomic E-state index is 13.8. The van der Waals surface area contributed by atoms with Gasteiger partial charge < -0.3 is 4.74 Å². The second-order valence-corrected chi connectivity index (χ2v) is 12.2. The van der Waals surface area contributed by atoms with Crippen molar-refractivity contribution in [3.8, 4) is 0 Å². The zero-order chi connectivity index (χ0) is 26.4. The van der Waals surface area contributed by atoms with Crippen molar-refractivity contribution in [1.29, 1.82) is 0 Å². The van der Waals surface area contributed by atoms with Crippen LogP contribution in [0, 0.1) is 5.82 Å². The van der Waals surface area contributed by atoms with E-state index in [2.05, 4.69) is 4.98 Å². The number of benzene rings is 2. The van der Waals surface area contributed by atoms with Crippen LogP contribution in [0.3, 0.4) is 0 Å². The van der Waals surface area contributed by atoms with Crippen molar-refractivity contribution >= 4 is 42.6 Å². The number of ether oxygens (including phenoxy) is 1. The minimum atomic E-state index is -3.66. The van der Waals surface area contributed by atoms with Crippen LogP contribution in [0.5, 0.6) is 0 Å². The van der Waals surface area contributed by atoms with Gasteiger partial charge in [0.15, 0.2) is 5.13 Å². The van der Waals surface area contributed by atoms with Gasteiger partial charge in [-0.2, -0.15) is 4.31 Å². The van der Waals surface area contributed by atoms with Crippen LogP contribution >= 0.6 is 11.3 Å². The number of fused-ring (bicyclic) bond motifs is 1. The first kappa shape index (κ1) is 27.6. The Morgan fingerprint density at radius 2 is 1.81 bits per heavy atom. The highest BCUT2D eigenvalue weighted by molar-refractivity contribution is 7.89. The number of thiazole rings is 1. The Labute approximate surface area is 222 Å². The molecule has 0 N–H and O–H groups in total. The first-order chi connectivity index (χ1) is 17.8. The van der Waals surface area contributed by atoms with Gasteiger partial charge in [-0.3, -0.25) is 9.69 Å². The fourth-order valence-electron chi connectivity index (χ4n) is 4.34. The molecule has 2 heterocycles. The van der Waals surface area contributed by atoms with Crippen molar-refractivity contribution in [3.63, 3.8) is 0 Å². The van der Waals surface area contributed by atoms with Crippen molar-refractivity contribution in [1.82, 2.24) is 9.29 Å². The number of aromatic nitrogens is 1. The van der Waals surface area contributed by atoms with E-state index in [0.29, 0.717) is 47.2 Å². The second kappa shape index (κ2) is 12.4. The fourth-order valence-corrected chi connectivity index (χ4v) is 6.85. The summed E-state index contributed by atoms with van der Waals surface area (Å²) in [5, 5.41) is 0.461. The van der Waals surface area contributed by atoms with Gasteiger partial charge in [-0.05, 0) is 68.1 Å². The van der Waals surface area contributed by atoms with Crippen LogP contribution in [0.2, 0.25) is 0 Å². The van der Waals surface area contributed by atoms with Crippen LogP contribution in [0.1, 0.15) is 62.7 Å². The van der Waals surface area contributed by atoms with Gasteiger partial charge in [0.05, 0.1) is 27.8 Å². The molecule has 0 aliphatic carbocycles. The average Bonchev–Trinajstić information content (AvgIpc) is 3.56. The molecule has 1 fully saturated rings. The topological polar surface area (TPSA) is 79.8 Å². The number of hydrogen-bond acceptors (Lipinski definition) is 6. The Kier molecular flexibility index (Phi) is 9.28. The average molecular weight is 548 g/mol. The molecule has 2 aromatic carbocycles. The van der Waals surface area contributed by atoms with Gasteiger partial charge in [0.25, 0.3) is 5.91 Å². The monoisotopic (exact) mass is 547 g/mol. The van der Waals surface area contributed by atoms with Gasteiger partial charge in [0.2, 0.25) is 10.0 Å². The third kappa shape index (κ3) is 6.54. The van der Waals surface area contributed by atoms with Crippen molar-refractivity contribution in [2.45, 2.75) is 63.4 Å². The van der Waals surface area contributed by atoms with Crippen LogP contribution in [0.4, 0.5) is 9.52 Å². The van der Waals surface area contributed by atoms with E-state index >= 15 is 0 Å². The smallest absolute Gasteiger partial charge is 0.260 e. The van der Waals surface area contributed by atoms with E-state index in [1.807, 2.05) is 13.8 Å². The number of nitrogens with zero attached hydrogens (tertiary/aromatic N) is 3. The van der Waals surface area contributed by atoms with Gasteiger partial charge in [-0.1, -0.05) is 38.0 Å². The molecular weight excluding hydrogens is 513 g/mol. The number of halogens is 1. The van der Waals surface area contributed by atoms with Gasteiger partial charge in [0.1, 0.15) is 5.82 Å². The van der Waals surface area contributed by atoms with E-state index in [4.69, 9.17) is 4.74 Å². The van der Waals surface area contributed by atoms with Gasteiger partial charge >= 0.3 is 0 Å². The van der Waals surface area contributed by atoms with E-state index in [-0.39, 0.29) is 22.7 Å². The standard InChI is InChI=1S/C27H34FN3O4S2/c1-3-5-15-30(16-6-4-2)37(33,34)23-12-9-20(10-13-23)26(32)31(19-22-8-7-17-35-22)27-29-24-14-11-21(28)18-25(24)36-27/h9-14,18,22H,3-8,15-17,19H2,1-2H3. The summed E-state index contributed by atoms with van der Waals surface area (Å²) in [5.41, 5.74) is 0.975. The van der Waals surface area contributed by atoms with Crippen molar-refractivity contribution < 1.29 is 22.3 Å². The van der Waals surface area contributed by atoms with E-state index < -0.39 is 10.0 Å². The molecule has 1 amide bonds. The first-order valence-electron chi connectivity index (χ1n) is 12.9. The van der Waals surface area contributed by atoms with Gasteiger partial charge in [0, 0.05) is 25.3 Å². The minimum Gasteiger partial charge on any atom is -0.376 e. The first-order valence-corrected chi connectivity index (χ1v) is 15.2. The molecule has 1 saturated heterocycles. The normalized spacial score (nSPS) is 16.1. The largest absolute Gasteiger partial charge is 0.376 e. The molecule has 1 aliphatic heterocycles. The number of amides is 1.